The van der Waals surface area contributed by atoms with Gasteiger partial charge in [0.05, 0.1) is 7.11 Å². The van der Waals surface area contributed by atoms with Gasteiger partial charge in [-0.15, -0.1) is 0 Å². The van der Waals surface area contributed by atoms with Gasteiger partial charge in [0.15, 0.2) is 0 Å². The van der Waals surface area contributed by atoms with Crippen molar-refractivity contribution >= 4 is 32.3 Å². The van der Waals surface area contributed by atoms with Crippen LogP contribution in [-0.4, -0.2) is 7.11 Å². The van der Waals surface area contributed by atoms with Crippen molar-refractivity contribution in [2.24, 2.45) is 0 Å². The summed E-state index contributed by atoms with van der Waals surface area (Å²) in [6.45, 7) is 0. The van der Waals surface area contributed by atoms with Crippen LogP contribution in [0.15, 0.2) is 127 Å². The summed E-state index contributed by atoms with van der Waals surface area (Å²) in [5, 5.41) is 17.7. The van der Waals surface area contributed by atoms with Crippen LogP contribution in [0, 0.1) is 41.7 Å². The second-order valence-electron chi connectivity index (χ2n) is 10.0. The molecule has 178 valence electrons. The molecule has 0 fully saturated rings. The Hall–Kier alpha value is -4.88. The Labute approximate surface area is 218 Å². The highest BCUT2D eigenvalue weighted by atomic mass is 16.5. The zero-order chi connectivity index (χ0) is 25.2. The molecule has 0 radical (unpaired) electrons. The van der Waals surface area contributed by atoms with Gasteiger partial charge in [0.1, 0.15) is 5.75 Å². The van der Waals surface area contributed by atoms with Crippen LogP contribution in [0.4, 0.5) is 0 Å². The average Bonchev–Trinajstić information content (AvgIpc) is 2.99. The minimum atomic E-state index is 0.879. The number of methoxy groups -OCH3 is 1. The standard InChI is InChI=1S/C37H24O/c1-38-23-18-19-32-33(20-23)30-16-8-9-17-31(30)36-21-34-28-14-6-4-12-26(28)24-10-2-3-11-25(24)27-13-5-7-15-29(27)35(34)22-37(32)36/h2-22H,1H3/b26-24-,27-25-,34-28-,35-29-. The Balaban J connectivity index is 1.82. The fraction of sp³-hybridized carbons (Fsp3) is 0.0270. The van der Waals surface area contributed by atoms with Gasteiger partial charge in [-0.3, -0.25) is 0 Å². The van der Waals surface area contributed by atoms with Crippen LogP contribution in [0.3, 0.4) is 0 Å². The third kappa shape index (κ3) is 2.93. The summed E-state index contributed by atoms with van der Waals surface area (Å²) in [4.78, 5) is 0. The van der Waals surface area contributed by atoms with Crippen LogP contribution in [-0.2, 0) is 0 Å². The van der Waals surface area contributed by atoms with Gasteiger partial charge in [-0.2, -0.15) is 0 Å². The molecule has 7 aromatic rings. The van der Waals surface area contributed by atoms with Crippen molar-refractivity contribution in [2.45, 2.75) is 0 Å². The number of rotatable bonds is 1. The summed E-state index contributed by atoms with van der Waals surface area (Å²) in [7, 11) is 1.74. The SMILES string of the molecule is COc1ccc2c(c1)c1ccccc1c1cc3/c(cc21)=c1/cccc/c1=c1\cccc\c1=c1/cccc/c1=3. The molecule has 7 aromatic carbocycles. The molecule has 1 nitrogen and oxygen atoms in total. The maximum absolute atomic E-state index is 5.62. The van der Waals surface area contributed by atoms with E-state index in [0.717, 1.165) is 5.75 Å². The number of fused-ring (bicyclic) bond motifs is 10. The molecule has 0 aromatic heterocycles. The molecule has 0 saturated carbocycles. The van der Waals surface area contributed by atoms with E-state index in [0.29, 0.717) is 0 Å². The molecule has 1 heteroatoms. The highest BCUT2D eigenvalue weighted by Crippen LogP contribution is 2.37. The van der Waals surface area contributed by atoms with Gasteiger partial charge < -0.3 is 4.74 Å². The lowest BCUT2D eigenvalue weighted by molar-refractivity contribution is 0.415. The van der Waals surface area contributed by atoms with Gasteiger partial charge in [0, 0.05) is 0 Å². The van der Waals surface area contributed by atoms with E-state index < -0.39 is 0 Å². The van der Waals surface area contributed by atoms with Crippen LogP contribution >= 0.6 is 0 Å². The zero-order valence-electron chi connectivity index (χ0n) is 21.0. The van der Waals surface area contributed by atoms with Crippen molar-refractivity contribution in [1.29, 1.82) is 0 Å². The maximum Gasteiger partial charge on any atom is 0.119 e. The highest BCUT2D eigenvalue weighted by Gasteiger charge is 2.11. The van der Waals surface area contributed by atoms with Gasteiger partial charge in [0.2, 0.25) is 0 Å². The fourth-order valence-corrected chi connectivity index (χ4v) is 6.41. The van der Waals surface area contributed by atoms with Crippen molar-refractivity contribution in [3.05, 3.63) is 169 Å². The predicted molar refractivity (Wildman–Crippen MR) is 156 cm³/mol. The molecule has 0 unspecified atom stereocenters. The quantitative estimate of drug-likeness (QED) is 0.212. The monoisotopic (exact) mass is 484 g/mol. The van der Waals surface area contributed by atoms with Crippen LogP contribution in [0.5, 0.6) is 5.75 Å². The van der Waals surface area contributed by atoms with Crippen molar-refractivity contribution in [3.8, 4) is 5.75 Å². The zero-order valence-corrected chi connectivity index (χ0v) is 21.0. The number of hydrogen-bond acceptors (Lipinski definition) is 1. The first-order chi connectivity index (χ1) is 18.8. The smallest absolute Gasteiger partial charge is 0.119 e. The topological polar surface area (TPSA) is 9.23 Å². The molecule has 1 aliphatic rings. The van der Waals surface area contributed by atoms with Crippen molar-refractivity contribution in [3.63, 3.8) is 0 Å². The largest absolute Gasteiger partial charge is 0.497 e. The van der Waals surface area contributed by atoms with E-state index in [1.807, 2.05) is 0 Å². The number of hydrogen-bond donors (Lipinski definition) is 0. The van der Waals surface area contributed by atoms with Gasteiger partial charge >= 0.3 is 0 Å². The van der Waals surface area contributed by atoms with Crippen LogP contribution in [0.2, 0.25) is 0 Å². The minimum absolute atomic E-state index is 0.879. The molecule has 0 amide bonds. The third-order valence-corrected chi connectivity index (χ3v) is 8.12. The molecular formula is C37H24O. The lowest BCUT2D eigenvalue weighted by Gasteiger charge is -2.12. The van der Waals surface area contributed by atoms with E-state index in [2.05, 4.69) is 127 Å². The van der Waals surface area contributed by atoms with Crippen molar-refractivity contribution < 1.29 is 4.74 Å². The Bertz CT molecular complexity index is 2500. The second-order valence-corrected chi connectivity index (χ2v) is 10.0. The van der Waals surface area contributed by atoms with Gasteiger partial charge in [-0.1, -0.05) is 103 Å². The van der Waals surface area contributed by atoms with Crippen LogP contribution in [0.1, 0.15) is 0 Å². The molecule has 0 atom stereocenters. The molecule has 8 rings (SSSR count). The second kappa shape index (κ2) is 8.06. The van der Waals surface area contributed by atoms with E-state index in [9.17, 15) is 0 Å². The van der Waals surface area contributed by atoms with Gasteiger partial charge in [0.25, 0.3) is 0 Å². The Morgan fingerprint density at radius 3 is 1.08 bits per heavy atom. The first kappa shape index (κ1) is 21.2. The van der Waals surface area contributed by atoms with Crippen LogP contribution < -0.4 is 4.74 Å². The van der Waals surface area contributed by atoms with E-state index >= 15 is 0 Å². The van der Waals surface area contributed by atoms with E-state index in [-0.39, 0.29) is 0 Å². The lowest BCUT2D eigenvalue weighted by atomic mass is 9.92. The predicted octanol–water partition coefficient (Wildman–Crippen LogP) is 8.62. The Morgan fingerprint density at radius 2 is 0.658 bits per heavy atom. The number of benzene rings is 7. The highest BCUT2D eigenvalue weighted by molar-refractivity contribution is 6.25. The first-order valence-corrected chi connectivity index (χ1v) is 13.1. The maximum atomic E-state index is 5.62. The molecule has 0 heterocycles. The van der Waals surface area contributed by atoms with Gasteiger partial charge in [-0.05, 0) is 98.3 Å². The number of ether oxygens (including phenoxy) is 1. The average molecular weight is 485 g/mol. The molecule has 0 N–H and O–H groups in total. The molecule has 38 heavy (non-hydrogen) atoms. The molecule has 0 saturated heterocycles. The summed E-state index contributed by atoms with van der Waals surface area (Å²) in [6.07, 6.45) is 0. The van der Waals surface area contributed by atoms with E-state index in [1.54, 1.807) is 7.11 Å². The summed E-state index contributed by atoms with van der Waals surface area (Å²) >= 11 is 0. The molecular weight excluding hydrogens is 460 g/mol. The van der Waals surface area contributed by atoms with Crippen molar-refractivity contribution in [2.75, 3.05) is 7.11 Å². The van der Waals surface area contributed by atoms with Gasteiger partial charge in [-0.25, -0.2) is 0 Å². The molecule has 1 aliphatic carbocycles. The van der Waals surface area contributed by atoms with Crippen molar-refractivity contribution in [1.82, 2.24) is 0 Å². The molecule has 0 aliphatic heterocycles. The Morgan fingerprint density at radius 1 is 0.316 bits per heavy atom. The summed E-state index contributed by atoms with van der Waals surface area (Å²) < 4.78 is 5.62. The minimum Gasteiger partial charge on any atom is -0.497 e. The normalized spacial score (nSPS) is 15.6. The first-order valence-electron chi connectivity index (χ1n) is 13.1. The molecule has 0 spiro atoms. The summed E-state index contributed by atoms with van der Waals surface area (Å²) in [6, 6.07) is 46.6. The van der Waals surface area contributed by atoms with Crippen LogP contribution in [0.25, 0.3) is 32.3 Å². The fourth-order valence-electron chi connectivity index (χ4n) is 6.41. The summed E-state index contributed by atoms with van der Waals surface area (Å²) in [5.74, 6) is 0.879. The van der Waals surface area contributed by atoms with E-state index in [4.69, 9.17) is 4.74 Å². The third-order valence-electron chi connectivity index (χ3n) is 8.12. The molecule has 0 bridgehead atoms. The van der Waals surface area contributed by atoms with E-state index in [1.165, 1.54) is 74.1 Å². The Kier molecular flexibility index (Phi) is 4.50. The lowest BCUT2D eigenvalue weighted by Crippen LogP contribution is -1.91. The summed E-state index contributed by atoms with van der Waals surface area (Å²) in [5.41, 5.74) is 0.